The molecule has 1 aliphatic heterocycles. The van der Waals surface area contributed by atoms with Crippen LogP contribution >= 0.6 is 11.3 Å². The van der Waals surface area contributed by atoms with Crippen molar-refractivity contribution in [2.45, 2.75) is 71.6 Å². The number of hydrogen-bond acceptors (Lipinski definition) is 5. The van der Waals surface area contributed by atoms with Crippen molar-refractivity contribution in [3.05, 3.63) is 16.1 Å². The van der Waals surface area contributed by atoms with Gasteiger partial charge in [0.1, 0.15) is 5.01 Å². The second kappa shape index (κ2) is 10.4. The van der Waals surface area contributed by atoms with E-state index in [-0.39, 0.29) is 5.41 Å². The molecular formula is C20H37N5OS. The summed E-state index contributed by atoms with van der Waals surface area (Å²) in [7, 11) is 1.83. The zero-order valence-electron chi connectivity index (χ0n) is 17.8. The number of hydrogen-bond donors (Lipinski definition) is 2. The molecule has 0 spiro atoms. The number of nitrogens with zero attached hydrogens (tertiary/aromatic N) is 3. The van der Waals surface area contributed by atoms with E-state index in [1.807, 2.05) is 7.05 Å². The molecule has 7 heteroatoms. The Hall–Kier alpha value is -1.18. The first kappa shape index (κ1) is 22.1. The van der Waals surface area contributed by atoms with Crippen LogP contribution < -0.4 is 10.6 Å². The highest BCUT2D eigenvalue weighted by atomic mass is 32.1. The van der Waals surface area contributed by atoms with Crippen LogP contribution in [-0.4, -0.2) is 61.3 Å². The van der Waals surface area contributed by atoms with E-state index in [4.69, 9.17) is 9.72 Å². The zero-order valence-corrected chi connectivity index (χ0v) is 18.7. The number of piperidine rings is 1. The summed E-state index contributed by atoms with van der Waals surface area (Å²) in [5.74, 6) is 0.865. The highest BCUT2D eigenvalue weighted by Crippen LogP contribution is 2.23. The van der Waals surface area contributed by atoms with Crippen LogP contribution in [0.3, 0.4) is 0 Å². The first-order valence-corrected chi connectivity index (χ1v) is 10.9. The number of aliphatic imine (C=N–C) groups is 1. The molecule has 1 aliphatic rings. The van der Waals surface area contributed by atoms with Gasteiger partial charge >= 0.3 is 0 Å². The van der Waals surface area contributed by atoms with Gasteiger partial charge in [0.15, 0.2) is 5.96 Å². The van der Waals surface area contributed by atoms with Crippen molar-refractivity contribution < 1.29 is 4.74 Å². The van der Waals surface area contributed by atoms with Crippen molar-refractivity contribution in [3.63, 3.8) is 0 Å². The molecule has 2 heterocycles. The number of nitrogens with one attached hydrogen (secondary N) is 2. The molecule has 2 N–H and O–H groups in total. The summed E-state index contributed by atoms with van der Waals surface area (Å²) in [5.41, 5.74) is 1.25. The Bertz CT molecular complexity index is 585. The largest absolute Gasteiger partial charge is 0.377 e. The number of guanidine groups is 1. The SMILES string of the molecule is CN=C(NCc1nc(C(C)(C)C)cs1)NC1CCN(CCOC(C)C)CC1. The third-order valence-electron chi connectivity index (χ3n) is 4.74. The average Bonchev–Trinajstić information content (AvgIpc) is 3.09. The lowest BCUT2D eigenvalue weighted by Crippen LogP contribution is -2.49. The Morgan fingerprint density at radius 3 is 2.63 bits per heavy atom. The van der Waals surface area contributed by atoms with Crippen molar-refractivity contribution >= 4 is 17.3 Å². The number of aromatic nitrogens is 1. The summed E-state index contributed by atoms with van der Waals surface area (Å²) >= 11 is 1.71. The highest BCUT2D eigenvalue weighted by molar-refractivity contribution is 7.09. The predicted octanol–water partition coefficient (Wildman–Crippen LogP) is 3.00. The molecule has 1 fully saturated rings. The van der Waals surface area contributed by atoms with Gasteiger partial charge in [0.2, 0.25) is 0 Å². The molecule has 0 aliphatic carbocycles. The fourth-order valence-electron chi connectivity index (χ4n) is 3.00. The van der Waals surface area contributed by atoms with E-state index in [1.54, 1.807) is 11.3 Å². The van der Waals surface area contributed by atoms with Crippen molar-refractivity contribution in [3.8, 4) is 0 Å². The first-order valence-electron chi connectivity index (χ1n) is 10.0. The quantitative estimate of drug-likeness (QED) is 0.549. The van der Waals surface area contributed by atoms with E-state index in [0.29, 0.717) is 18.7 Å². The fraction of sp³-hybridized carbons (Fsp3) is 0.800. The van der Waals surface area contributed by atoms with E-state index in [2.05, 4.69) is 60.5 Å². The molecule has 154 valence electrons. The number of rotatable bonds is 7. The number of thiazole rings is 1. The summed E-state index contributed by atoms with van der Waals surface area (Å²) in [5, 5.41) is 10.2. The second-order valence-corrected chi connectivity index (χ2v) is 9.42. The van der Waals surface area contributed by atoms with Gasteiger partial charge in [0.25, 0.3) is 0 Å². The Balaban J connectivity index is 1.71. The van der Waals surface area contributed by atoms with Crippen LogP contribution in [-0.2, 0) is 16.7 Å². The van der Waals surface area contributed by atoms with Crippen molar-refractivity contribution in [1.82, 2.24) is 20.5 Å². The van der Waals surface area contributed by atoms with Crippen LogP contribution in [0.4, 0.5) is 0 Å². The van der Waals surface area contributed by atoms with Crippen LogP contribution in [0.5, 0.6) is 0 Å². The van der Waals surface area contributed by atoms with Gasteiger partial charge < -0.3 is 20.3 Å². The van der Waals surface area contributed by atoms with Gasteiger partial charge in [-0.2, -0.15) is 0 Å². The molecule has 0 aromatic carbocycles. The van der Waals surface area contributed by atoms with E-state index in [9.17, 15) is 0 Å². The Morgan fingerprint density at radius 1 is 1.37 bits per heavy atom. The summed E-state index contributed by atoms with van der Waals surface area (Å²) in [6.07, 6.45) is 2.58. The topological polar surface area (TPSA) is 61.8 Å². The average molecular weight is 396 g/mol. The maximum atomic E-state index is 5.66. The molecule has 0 radical (unpaired) electrons. The molecule has 0 saturated carbocycles. The lowest BCUT2D eigenvalue weighted by molar-refractivity contribution is 0.0532. The molecule has 6 nitrogen and oxygen atoms in total. The highest BCUT2D eigenvalue weighted by Gasteiger charge is 2.20. The van der Waals surface area contributed by atoms with Gasteiger partial charge in [0.05, 0.1) is 24.9 Å². The predicted molar refractivity (Wildman–Crippen MR) is 115 cm³/mol. The van der Waals surface area contributed by atoms with Crippen molar-refractivity contribution in [1.29, 1.82) is 0 Å². The molecule has 1 aromatic rings. The van der Waals surface area contributed by atoms with Crippen molar-refractivity contribution in [2.24, 2.45) is 4.99 Å². The monoisotopic (exact) mass is 395 g/mol. The minimum absolute atomic E-state index is 0.100. The smallest absolute Gasteiger partial charge is 0.191 e. The zero-order chi connectivity index (χ0) is 19.9. The van der Waals surface area contributed by atoms with E-state index < -0.39 is 0 Å². The third-order valence-corrected chi connectivity index (χ3v) is 5.59. The lowest BCUT2D eigenvalue weighted by atomic mass is 9.93. The van der Waals surface area contributed by atoms with Gasteiger partial charge in [-0.05, 0) is 26.7 Å². The van der Waals surface area contributed by atoms with Crippen LogP contribution in [0.25, 0.3) is 0 Å². The van der Waals surface area contributed by atoms with Crippen LogP contribution in [0.1, 0.15) is 58.2 Å². The number of ether oxygens (including phenoxy) is 1. The second-order valence-electron chi connectivity index (χ2n) is 8.48. The first-order chi connectivity index (χ1) is 12.8. The van der Waals surface area contributed by atoms with Crippen LogP contribution in [0, 0.1) is 0 Å². The molecule has 0 bridgehead atoms. The van der Waals surface area contributed by atoms with Gasteiger partial charge in [-0.25, -0.2) is 4.98 Å². The van der Waals surface area contributed by atoms with E-state index in [0.717, 1.165) is 55.7 Å². The van der Waals surface area contributed by atoms with Crippen LogP contribution in [0.15, 0.2) is 10.4 Å². The lowest BCUT2D eigenvalue weighted by Gasteiger charge is -2.33. The summed E-state index contributed by atoms with van der Waals surface area (Å²) in [6.45, 7) is 15.5. The molecule has 0 amide bonds. The van der Waals surface area contributed by atoms with Gasteiger partial charge in [-0.1, -0.05) is 20.8 Å². The maximum Gasteiger partial charge on any atom is 0.191 e. The standard InChI is InChI=1S/C20H37N5OS/c1-15(2)26-12-11-25-9-7-16(8-10-25)23-19(21-6)22-13-18-24-17(14-27-18)20(3,4)5/h14-16H,7-13H2,1-6H3,(H2,21,22,23). The molecule has 1 saturated heterocycles. The Kier molecular flexibility index (Phi) is 8.51. The molecule has 1 aromatic heterocycles. The molecule has 2 rings (SSSR count). The summed E-state index contributed by atoms with van der Waals surface area (Å²) in [6, 6.07) is 0.472. The van der Waals surface area contributed by atoms with Crippen molar-refractivity contribution in [2.75, 3.05) is 33.3 Å². The normalized spacial score (nSPS) is 17.5. The Labute approximate surface area is 168 Å². The Morgan fingerprint density at radius 2 is 2.07 bits per heavy atom. The van der Waals surface area contributed by atoms with E-state index >= 15 is 0 Å². The minimum Gasteiger partial charge on any atom is -0.377 e. The van der Waals surface area contributed by atoms with Gasteiger partial charge in [-0.3, -0.25) is 4.99 Å². The third kappa shape index (κ3) is 7.76. The minimum atomic E-state index is 0.100. The molecule has 0 unspecified atom stereocenters. The molecule has 0 atom stereocenters. The molecular weight excluding hydrogens is 358 g/mol. The summed E-state index contributed by atoms with van der Waals surface area (Å²) < 4.78 is 5.66. The maximum absolute atomic E-state index is 5.66. The van der Waals surface area contributed by atoms with E-state index in [1.165, 1.54) is 0 Å². The van der Waals surface area contributed by atoms with Crippen LogP contribution in [0.2, 0.25) is 0 Å². The number of likely N-dealkylation sites (tertiary alicyclic amines) is 1. The molecule has 27 heavy (non-hydrogen) atoms. The van der Waals surface area contributed by atoms with Gasteiger partial charge in [-0.15, -0.1) is 11.3 Å². The van der Waals surface area contributed by atoms with Gasteiger partial charge in [0, 0.05) is 43.5 Å². The summed E-state index contributed by atoms with van der Waals surface area (Å²) in [4.78, 5) is 11.6. The fourth-order valence-corrected chi connectivity index (χ4v) is 3.96.